The number of hydrogen-bond acceptors (Lipinski definition) is 4. The van der Waals surface area contributed by atoms with Crippen LogP contribution in [0.25, 0.3) is 0 Å². The van der Waals surface area contributed by atoms with Gasteiger partial charge in [-0.1, -0.05) is 11.6 Å². The molecule has 0 atom stereocenters. The molecule has 118 valence electrons. The van der Waals surface area contributed by atoms with Crippen LogP contribution in [-0.2, 0) is 10.0 Å². The van der Waals surface area contributed by atoms with E-state index < -0.39 is 10.0 Å². The zero-order valence-corrected chi connectivity index (χ0v) is 14.0. The van der Waals surface area contributed by atoms with Gasteiger partial charge in [-0.05, 0) is 57.1 Å². The first-order valence-corrected chi connectivity index (χ1v) is 9.30. The third kappa shape index (κ3) is 5.37. The molecule has 5 nitrogen and oxygen atoms in total. The zero-order chi connectivity index (χ0) is 15.5. The Hall–Kier alpha value is -0.980. The minimum Gasteiger partial charge on any atom is -0.385 e. The highest BCUT2D eigenvalue weighted by molar-refractivity contribution is 7.92. The van der Waals surface area contributed by atoms with Crippen molar-refractivity contribution in [1.82, 2.24) is 4.90 Å². The lowest BCUT2D eigenvalue weighted by Crippen LogP contribution is -2.32. The first kappa shape index (κ1) is 16.4. The Morgan fingerprint density at radius 1 is 1.33 bits per heavy atom. The number of sulfonamides is 1. The van der Waals surface area contributed by atoms with E-state index in [1.54, 1.807) is 12.1 Å². The van der Waals surface area contributed by atoms with Crippen LogP contribution in [0.4, 0.5) is 11.4 Å². The summed E-state index contributed by atoms with van der Waals surface area (Å²) < 4.78 is 24.8. The monoisotopic (exact) mass is 331 g/mol. The SMILES string of the molecule is CN1CCC(CNc2ccc(NS(C)(=O)=O)c(Cl)c2)CC1. The lowest BCUT2D eigenvalue weighted by Gasteiger charge is -2.29. The first-order chi connectivity index (χ1) is 9.83. The molecule has 0 unspecified atom stereocenters. The standard InChI is InChI=1S/C14H22ClN3O2S/c1-18-7-5-11(6-8-18)10-16-12-3-4-14(13(15)9-12)17-21(2,19)20/h3-4,9,11,16-17H,5-8,10H2,1-2H3. The summed E-state index contributed by atoms with van der Waals surface area (Å²) in [7, 11) is -1.16. The summed E-state index contributed by atoms with van der Waals surface area (Å²) >= 11 is 6.10. The van der Waals surface area contributed by atoms with Crippen LogP contribution < -0.4 is 10.0 Å². The van der Waals surface area contributed by atoms with Gasteiger partial charge in [0.05, 0.1) is 17.0 Å². The topological polar surface area (TPSA) is 61.4 Å². The van der Waals surface area contributed by atoms with E-state index in [4.69, 9.17) is 11.6 Å². The smallest absolute Gasteiger partial charge is 0.229 e. The molecule has 0 saturated carbocycles. The van der Waals surface area contributed by atoms with Gasteiger partial charge >= 0.3 is 0 Å². The average molecular weight is 332 g/mol. The van der Waals surface area contributed by atoms with Crippen molar-refractivity contribution >= 4 is 33.0 Å². The zero-order valence-electron chi connectivity index (χ0n) is 12.4. The largest absolute Gasteiger partial charge is 0.385 e. The summed E-state index contributed by atoms with van der Waals surface area (Å²) in [4.78, 5) is 2.35. The van der Waals surface area contributed by atoms with Gasteiger partial charge < -0.3 is 10.2 Å². The maximum absolute atomic E-state index is 11.2. The molecule has 1 aromatic rings. The van der Waals surface area contributed by atoms with Crippen LogP contribution in [0.5, 0.6) is 0 Å². The van der Waals surface area contributed by atoms with E-state index in [9.17, 15) is 8.42 Å². The van der Waals surface area contributed by atoms with Crippen molar-refractivity contribution < 1.29 is 8.42 Å². The normalized spacial score (nSPS) is 17.7. The molecule has 0 radical (unpaired) electrons. The number of halogens is 1. The van der Waals surface area contributed by atoms with E-state index in [1.807, 2.05) is 6.07 Å². The van der Waals surface area contributed by atoms with Crippen LogP contribution >= 0.6 is 11.6 Å². The third-order valence-electron chi connectivity index (χ3n) is 3.70. The summed E-state index contributed by atoms with van der Waals surface area (Å²) in [5.41, 5.74) is 1.32. The third-order valence-corrected chi connectivity index (χ3v) is 4.60. The van der Waals surface area contributed by atoms with E-state index in [2.05, 4.69) is 22.0 Å². The van der Waals surface area contributed by atoms with Gasteiger partial charge in [0.1, 0.15) is 0 Å². The molecule has 1 fully saturated rings. The number of hydrogen-bond donors (Lipinski definition) is 2. The molecular formula is C14H22ClN3O2S. The number of piperidine rings is 1. The van der Waals surface area contributed by atoms with Crippen LogP contribution in [0.15, 0.2) is 18.2 Å². The minimum atomic E-state index is -3.31. The maximum atomic E-state index is 11.2. The van der Waals surface area contributed by atoms with Gasteiger partial charge in [0, 0.05) is 12.2 Å². The predicted octanol–water partition coefficient (Wildman–Crippen LogP) is 2.47. The molecular weight excluding hydrogens is 310 g/mol. The second kappa shape index (κ2) is 6.85. The number of anilines is 2. The Balaban J connectivity index is 1.91. The van der Waals surface area contributed by atoms with Gasteiger partial charge in [-0.25, -0.2) is 8.42 Å². The van der Waals surface area contributed by atoms with E-state index in [-0.39, 0.29) is 0 Å². The molecule has 1 aromatic carbocycles. The summed E-state index contributed by atoms with van der Waals surface area (Å²) in [5.74, 6) is 0.675. The van der Waals surface area contributed by atoms with Gasteiger partial charge in [-0.15, -0.1) is 0 Å². The number of rotatable bonds is 5. The molecule has 2 rings (SSSR count). The Morgan fingerprint density at radius 3 is 2.57 bits per heavy atom. The van der Waals surface area contributed by atoms with E-state index in [0.717, 1.165) is 31.6 Å². The van der Waals surface area contributed by atoms with Gasteiger partial charge in [-0.2, -0.15) is 0 Å². The number of nitrogens with one attached hydrogen (secondary N) is 2. The lowest BCUT2D eigenvalue weighted by molar-refractivity contribution is 0.226. The number of benzene rings is 1. The summed E-state index contributed by atoms with van der Waals surface area (Å²) in [6, 6.07) is 5.28. The molecule has 0 aliphatic carbocycles. The summed E-state index contributed by atoms with van der Waals surface area (Å²) in [6.07, 6.45) is 3.51. The van der Waals surface area contributed by atoms with Crippen LogP contribution in [-0.4, -0.2) is 46.3 Å². The second-order valence-electron chi connectivity index (χ2n) is 5.70. The Bertz CT molecular complexity index is 584. The number of nitrogens with zero attached hydrogens (tertiary/aromatic N) is 1. The van der Waals surface area contributed by atoms with Crippen molar-refractivity contribution in [2.45, 2.75) is 12.8 Å². The molecule has 7 heteroatoms. The highest BCUT2D eigenvalue weighted by Gasteiger charge is 2.16. The van der Waals surface area contributed by atoms with Gasteiger partial charge in [0.2, 0.25) is 10.0 Å². The Morgan fingerprint density at radius 2 is 2.00 bits per heavy atom. The summed E-state index contributed by atoms with van der Waals surface area (Å²) in [5, 5.41) is 3.78. The molecule has 1 saturated heterocycles. The molecule has 0 spiro atoms. The fraction of sp³-hybridized carbons (Fsp3) is 0.571. The molecule has 1 aliphatic rings. The lowest BCUT2D eigenvalue weighted by atomic mass is 9.97. The molecule has 0 aromatic heterocycles. The number of likely N-dealkylation sites (tertiary alicyclic amines) is 1. The quantitative estimate of drug-likeness (QED) is 0.870. The summed E-state index contributed by atoms with van der Waals surface area (Å²) in [6.45, 7) is 3.21. The molecule has 21 heavy (non-hydrogen) atoms. The highest BCUT2D eigenvalue weighted by atomic mass is 35.5. The fourth-order valence-electron chi connectivity index (χ4n) is 2.44. The van der Waals surface area contributed by atoms with Crippen LogP contribution in [0.1, 0.15) is 12.8 Å². The van der Waals surface area contributed by atoms with E-state index >= 15 is 0 Å². The predicted molar refractivity (Wildman–Crippen MR) is 88.6 cm³/mol. The van der Waals surface area contributed by atoms with Crippen molar-refractivity contribution in [2.24, 2.45) is 5.92 Å². The first-order valence-electron chi connectivity index (χ1n) is 7.03. The van der Waals surface area contributed by atoms with Crippen molar-refractivity contribution in [3.05, 3.63) is 23.2 Å². The molecule has 1 aliphatic heterocycles. The van der Waals surface area contributed by atoms with Gasteiger partial charge in [0.15, 0.2) is 0 Å². The van der Waals surface area contributed by atoms with Crippen molar-refractivity contribution in [3.8, 4) is 0 Å². The van der Waals surface area contributed by atoms with Crippen molar-refractivity contribution in [2.75, 3.05) is 43.0 Å². The molecule has 1 heterocycles. The Labute approximate surface area is 131 Å². The van der Waals surface area contributed by atoms with E-state index in [1.165, 1.54) is 12.8 Å². The Kier molecular flexibility index (Phi) is 5.35. The molecule has 2 N–H and O–H groups in total. The fourth-order valence-corrected chi connectivity index (χ4v) is 3.30. The molecule has 0 amide bonds. The van der Waals surface area contributed by atoms with Gasteiger partial charge in [-0.3, -0.25) is 4.72 Å². The second-order valence-corrected chi connectivity index (χ2v) is 7.85. The highest BCUT2D eigenvalue weighted by Crippen LogP contribution is 2.26. The van der Waals surface area contributed by atoms with Crippen LogP contribution in [0, 0.1) is 5.92 Å². The van der Waals surface area contributed by atoms with Crippen LogP contribution in [0.2, 0.25) is 5.02 Å². The molecule has 0 bridgehead atoms. The van der Waals surface area contributed by atoms with Crippen molar-refractivity contribution in [3.63, 3.8) is 0 Å². The van der Waals surface area contributed by atoms with Crippen molar-refractivity contribution in [1.29, 1.82) is 0 Å². The van der Waals surface area contributed by atoms with E-state index in [0.29, 0.717) is 16.6 Å². The van der Waals surface area contributed by atoms with Crippen LogP contribution in [0.3, 0.4) is 0 Å². The van der Waals surface area contributed by atoms with Gasteiger partial charge in [0.25, 0.3) is 0 Å². The average Bonchev–Trinajstić information content (AvgIpc) is 2.40. The minimum absolute atomic E-state index is 0.397. The maximum Gasteiger partial charge on any atom is 0.229 e.